The van der Waals surface area contributed by atoms with Crippen LogP contribution >= 0.6 is 0 Å². The van der Waals surface area contributed by atoms with E-state index in [9.17, 15) is 5.11 Å². The smallest absolute Gasteiger partial charge is 0.155 e. The summed E-state index contributed by atoms with van der Waals surface area (Å²) in [7, 11) is 0. The van der Waals surface area contributed by atoms with E-state index in [0.717, 1.165) is 0 Å². The highest BCUT2D eigenvalue weighted by atomic mass is 16.7. The zero-order valence-electron chi connectivity index (χ0n) is 9.18. The van der Waals surface area contributed by atoms with Crippen LogP contribution in [-0.4, -0.2) is 48.5 Å². The number of nitrogens with zero attached hydrogens (tertiary/aromatic N) is 3. The van der Waals surface area contributed by atoms with Crippen LogP contribution in [0.15, 0.2) is 5.11 Å². The Hall–Kier alpha value is -0.850. The number of hydrogen-bond donors (Lipinski definition) is 1. The lowest BCUT2D eigenvalue weighted by Crippen LogP contribution is -2.61. The molecule has 2 saturated heterocycles. The molecule has 0 spiro atoms. The predicted molar refractivity (Wildman–Crippen MR) is 53.6 cm³/mol. The maximum atomic E-state index is 10.1. The second kappa shape index (κ2) is 4.57. The van der Waals surface area contributed by atoms with Gasteiger partial charge in [0.25, 0.3) is 0 Å². The molecule has 0 aromatic heterocycles. The van der Waals surface area contributed by atoms with Crippen molar-refractivity contribution in [1.29, 1.82) is 0 Å². The summed E-state index contributed by atoms with van der Waals surface area (Å²) in [5.41, 5.74) is 8.43. The Balaban J connectivity index is 2.14. The molecular formula is C9H15N3O4. The molecule has 7 nitrogen and oxygen atoms in total. The van der Waals surface area contributed by atoms with Crippen LogP contribution in [-0.2, 0) is 14.2 Å². The highest BCUT2D eigenvalue weighted by Crippen LogP contribution is 2.29. The highest BCUT2D eigenvalue weighted by Gasteiger charge is 2.46. The molecule has 0 radical (unpaired) electrons. The van der Waals surface area contributed by atoms with Gasteiger partial charge in [0.15, 0.2) is 6.29 Å². The normalized spacial score (nSPS) is 47.9. The molecule has 16 heavy (non-hydrogen) atoms. The standard InChI is InChI=1S/C9H15N3O4/c1-4-7(11-12-10)8(13)9-6(15-4)3-14-5(2)16-9/h4-9,13H,3H2,1-2H3/t4?,5?,6?,7-,8-,9?/m1/s1. The minimum atomic E-state index is -0.851. The van der Waals surface area contributed by atoms with Gasteiger partial charge in [0.1, 0.15) is 12.2 Å². The first-order valence-corrected chi connectivity index (χ1v) is 5.28. The molecule has 2 rings (SSSR count). The van der Waals surface area contributed by atoms with Crippen LogP contribution in [0, 0.1) is 0 Å². The van der Waals surface area contributed by atoms with E-state index >= 15 is 0 Å². The van der Waals surface area contributed by atoms with Crippen molar-refractivity contribution in [2.75, 3.05) is 6.61 Å². The maximum absolute atomic E-state index is 10.1. The van der Waals surface area contributed by atoms with Crippen LogP contribution in [0.25, 0.3) is 10.4 Å². The fourth-order valence-corrected chi connectivity index (χ4v) is 2.14. The van der Waals surface area contributed by atoms with Gasteiger partial charge in [-0.25, -0.2) is 0 Å². The van der Waals surface area contributed by atoms with Gasteiger partial charge in [0.2, 0.25) is 0 Å². The highest BCUT2D eigenvalue weighted by molar-refractivity contribution is 4.97. The first-order chi connectivity index (χ1) is 7.63. The SMILES string of the molecule is CC1OCC2OC(C)[C@@H](N=[N+]=[N-])[C@@H](O)C2O1. The van der Waals surface area contributed by atoms with Gasteiger partial charge < -0.3 is 19.3 Å². The molecule has 0 amide bonds. The molecule has 0 aromatic rings. The summed E-state index contributed by atoms with van der Waals surface area (Å²) in [6.45, 7) is 3.90. The minimum absolute atomic E-state index is 0.300. The summed E-state index contributed by atoms with van der Waals surface area (Å²) in [6, 6.07) is -0.614. The van der Waals surface area contributed by atoms with Crippen LogP contribution in [0.4, 0.5) is 0 Å². The molecule has 4 unspecified atom stereocenters. The van der Waals surface area contributed by atoms with Crippen molar-refractivity contribution < 1.29 is 19.3 Å². The van der Waals surface area contributed by atoms with Gasteiger partial charge >= 0.3 is 0 Å². The van der Waals surface area contributed by atoms with Crippen molar-refractivity contribution >= 4 is 0 Å². The number of azide groups is 1. The Bertz CT molecular complexity index is 307. The summed E-state index contributed by atoms with van der Waals surface area (Å²) in [4.78, 5) is 2.72. The van der Waals surface area contributed by atoms with E-state index in [4.69, 9.17) is 19.7 Å². The fraction of sp³-hybridized carbons (Fsp3) is 1.00. The lowest BCUT2D eigenvalue weighted by Gasteiger charge is -2.45. The van der Waals surface area contributed by atoms with Crippen LogP contribution in [0.2, 0.25) is 0 Å². The van der Waals surface area contributed by atoms with Gasteiger partial charge in [-0.15, -0.1) is 0 Å². The molecular weight excluding hydrogens is 214 g/mol. The molecule has 0 aromatic carbocycles. The number of rotatable bonds is 1. The predicted octanol–water partition coefficient (Wildman–Crippen LogP) is 0.575. The van der Waals surface area contributed by atoms with Crippen molar-refractivity contribution in [2.24, 2.45) is 5.11 Å². The lowest BCUT2D eigenvalue weighted by atomic mass is 9.93. The summed E-state index contributed by atoms with van der Waals surface area (Å²) in [5.74, 6) is 0. The van der Waals surface area contributed by atoms with Gasteiger partial charge in [0, 0.05) is 4.91 Å². The summed E-state index contributed by atoms with van der Waals surface area (Å²) >= 11 is 0. The van der Waals surface area contributed by atoms with Crippen molar-refractivity contribution in [3.8, 4) is 0 Å². The average molecular weight is 229 g/mol. The van der Waals surface area contributed by atoms with Crippen LogP contribution in [0.3, 0.4) is 0 Å². The molecule has 2 fully saturated rings. The zero-order chi connectivity index (χ0) is 11.7. The zero-order valence-corrected chi connectivity index (χ0v) is 9.18. The van der Waals surface area contributed by atoms with E-state index < -0.39 is 18.2 Å². The Morgan fingerprint density at radius 3 is 2.81 bits per heavy atom. The van der Waals surface area contributed by atoms with Gasteiger partial charge in [-0.3, -0.25) is 0 Å². The molecule has 0 saturated carbocycles. The van der Waals surface area contributed by atoms with Gasteiger partial charge in [0.05, 0.1) is 24.9 Å². The van der Waals surface area contributed by atoms with E-state index in [1.54, 1.807) is 13.8 Å². The Morgan fingerprint density at radius 2 is 2.12 bits per heavy atom. The molecule has 1 N–H and O–H groups in total. The molecule has 90 valence electrons. The van der Waals surface area contributed by atoms with E-state index in [1.165, 1.54) is 0 Å². The lowest BCUT2D eigenvalue weighted by molar-refractivity contribution is -0.302. The van der Waals surface area contributed by atoms with E-state index in [-0.39, 0.29) is 18.5 Å². The summed E-state index contributed by atoms with van der Waals surface area (Å²) < 4.78 is 16.3. The van der Waals surface area contributed by atoms with Crippen LogP contribution in [0.5, 0.6) is 0 Å². The summed E-state index contributed by atoms with van der Waals surface area (Å²) in [5, 5.41) is 13.6. The number of aliphatic hydroxyl groups excluding tert-OH is 1. The Labute approximate surface area is 92.9 Å². The third kappa shape index (κ3) is 2.00. The average Bonchev–Trinajstić information content (AvgIpc) is 2.26. The molecule has 2 heterocycles. The van der Waals surface area contributed by atoms with Crippen molar-refractivity contribution in [3.63, 3.8) is 0 Å². The van der Waals surface area contributed by atoms with Gasteiger partial charge in [-0.2, -0.15) is 0 Å². The molecule has 0 bridgehead atoms. The number of aliphatic hydroxyl groups is 1. The van der Waals surface area contributed by atoms with E-state index in [1.807, 2.05) is 0 Å². The first kappa shape index (κ1) is 11.6. The number of hydrogen-bond acceptors (Lipinski definition) is 5. The van der Waals surface area contributed by atoms with Gasteiger partial charge in [-0.1, -0.05) is 5.11 Å². The third-order valence-electron chi connectivity index (χ3n) is 2.95. The topological polar surface area (TPSA) is 96.7 Å². The molecule has 6 atom stereocenters. The molecule has 2 aliphatic heterocycles. The monoisotopic (exact) mass is 229 g/mol. The van der Waals surface area contributed by atoms with Crippen molar-refractivity contribution in [2.45, 2.75) is 50.6 Å². The molecule has 0 aliphatic carbocycles. The Kier molecular flexibility index (Phi) is 3.32. The van der Waals surface area contributed by atoms with E-state index in [0.29, 0.717) is 6.61 Å². The number of fused-ring (bicyclic) bond motifs is 1. The molecule has 2 aliphatic rings. The summed E-state index contributed by atoms with van der Waals surface area (Å²) in [6.07, 6.45) is -2.36. The van der Waals surface area contributed by atoms with Crippen molar-refractivity contribution in [1.82, 2.24) is 0 Å². The van der Waals surface area contributed by atoms with Crippen LogP contribution < -0.4 is 0 Å². The maximum Gasteiger partial charge on any atom is 0.155 e. The Morgan fingerprint density at radius 1 is 1.38 bits per heavy atom. The molecule has 7 heteroatoms. The third-order valence-corrected chi connectivity index (χ3v) is 2.95. The quantitative estimate of drug-likeness (QED) is 0.404. The van der Waals surface area contributed by atoms with E-state index in [2.05, 4.69) is 10.0 Å². The van der Waals surface area contributed by atoms with Gasteiger partial charge in [-0.05, 0) is 19.4 Å². The number of ether oxygens (including phenoxy) is 3. The van der Waals surface area contributed by atoms with Crippen molar-refractivity contribution in [3.05, 3.63) is 10.4 Å². The second-order valence-corrected chi connectivity index (χ2v) is 4.07. The van der Waals surface area contributed by atoms with Crippen LogP contribution in [0.1, 0.15) is 13.8 Å². The second-order valence-electron chi connectivity index (χ2n) is 4.07. The largest absolute Gasteiger partial charge is 0.390 e. The minimum Gasteiger partial charge on any atom is -0.390 e. The fourth-order valence-electron chi connectivity index (χ4n) is 2.14. The first-order valence-electron chi connectivity index (χ1n) is 5.28.